The summed E-state index contributed by atoms with van der Waals surface area (Å²) in [6.07, 6.45) is 0.826. The average Bonchev–Trinajstić information content (AvgIpc) is 2.57. The van der Waals surface area contributed by atoms with E-state index in [2.05, 4.69) is 10.6 Å². The van der Waals surface area contributed by atoms with Gasteiger partial charge in [0, 0.05) is 18.3 Å². The van der Waals surface area contributed by atoms with Gasteiger partial charge in [-0.25, -0.2) is 0 Å². The second kappa shape index (κ2) is 9.27. The van der Waals surface area contributed by atoms with Crippen LogP contribution in [0.4, 0.5) is 5.69 Å². The van der Waals surface area contributed by atoms with E-state index < -0.39 is 5.41 Å². The van der Waals surface area contributed by atoms with Gasteiger partial charge < -0.3 is 25.0 Å². The van der Waals surface area contributed by atoms with Crippen LogP contribution < -0.4 is 20.1 Å². The molecule has 1 aromatic rings. The van der Waals surface area contributed by atoms with Gasteiger partial charge in [-0.05, 0) is 53.0 Å². The van der Waals surface area contributed by atoms with E-state index in [4.69, 9.17) is 9.47 Å². The van der Waals surface area contributed by atoms with E-state index in [1.807, 2.05) is 19.0 Å². The highest BCUT2D eigenvalue weighted by molar-refractivity contribution is 6.09. The summed E-state index contributed by atoms with van der Waals surface area (Å²) in [5.74, 6) is 0.388. The van der Waals surface area contributed by atoms with Gasteiger partial charge in [-0.15, -0.1) is 0 Å². The Morgan fingerprint density at radius 2 is 1.72 bits per heavy atom. The minimum absolute atomic E-state index is 0.302. The zero-order chi connectivity index (χ0) is 19.0. The minimum atomic E-state index is -1.19. The summed E-state index contributed by atoms with van der Waals surface area (Å²) in [7, 11) is 7.01. The van der Waals surface area contributed by atoms with Gasteiger partial charge in [0.05, 0.1) is 14.2 Å². The summed E-state index contributed by atoms with van der Waals surface area (Å²) in [5, 5.41) is 5.57. The van der Waals surface area contributed by atoms with Crippen LogP contribution in [0.2, 0.25) is 0 Å². The summed E-state index contributed by atoms with van der Waals surface area (Å²) < 4.78 is 10.4. The molecule has 0 saturated carbocycles. The number of rotatable bonds is 9. The van der Waals surface area contributed by atoms with Gasteiger partial charge in [0.1, 0.15) is 5.41 Å². The van der Waals surface area contributed by atoms with Crippen molar-refractivity contribution in [3.63, 3.8) is 0 Å². The molecule has 1 aromatic carbocycles. The van der Waals surface area contributed by atoms with Gasteiger partial charge in [0.15, 0.2) is 11.5 Å². The minimum Gasteiger partial charge on any atom is -0.493 e. The quantitative estimate of drug-likeness (QED) is 0.523. The van der Waals surface area contributed by atoms with Crippen molar-refractivity contribution in [2.45, 2.75) is 20.3 Å². The summed E-state index contributed by atoms with van der Waals surface area (Å²) in [4.78, 5) is 26.9. The van der Waals surface area contributed by atoms with Crippen LogP contribution >= 0.6 is 0 Å². The lowest BCUT2D eigenvalue weighted by atomic mass is 9.91. The molecule has 0 spiro atoms. The van der Waals surface area contributed by atoms with Crippen LogP contribution in [0.25, 0.3) is 0 Å². The molecule has 0 atom stereocenters. The molecule has 25 heavy (non-hydrogen) atoms. The van der Waals surface area contributed by atoms with Gasteiger partial charge in [0.2, 0.25) is 11.8 Å². The predicted octanol–water partition coefficient (Wildman–Crippen LogP) is 1.74. The van der Waals surface area contributed by atoms with Crippen LogP contribution in [0.1, 0.15) is 20.3 Å². The number of ether oxygens (including phenoxy) is 2. The van der Waals surface area contributed by atoms with E-state index in [-0.39, 0.29) is 11.8 Å². The number of amides is 2. The number of hydrogen-bond acceptors (Lipinski definition) is 5. The summed E-state index contributed by atoms with van der Waals surface area (Å²) in [6.45, 7) is 4.61. The van der Waals surface area contributed by atoms with E-state index in [1.165, 1.54) is 7.11 Å². The lowest BCUT2D eigenvalue weighted by molar-refractivity contribution is -0.138. The number of carbonyl (C=O) groups is 2. The zero-order valence-electron chi connectivity index (χ0n) is 15.9. The number of nitrogens with one attached hydrogen (secondary N) is 2. The maximum Gasteiger partial charge on any atom is 0.239 e. The van der Waals surface area contributed by atoms with Crippen LogP contribution in [0.15, 0.2) is 18.2 Å². The smallest absolute Gasteiger partial charge is 0.239 e. The topological polar surface area (TPSA) is 79.9 Å². The van der Waals surface area contributed by atoms with Crippen molar-refractivity contribution in [2.75, 3.05) is 46.7 Å². The fourth-order valence-electron chi connectivity index (χ4n) is 2.12. The van der Waals surface area contributed by atoms with Crippen LogP contribution in [0.5, 0.6) is 11.5 Å². The molecule has 0 radical (unpaired) electrons. The predicted molar refractivity (Wildman–Crippen MR) is 98.1 cm³/mol. The van der Waals surface area contributed by atoms with E-state index >= 15 is 0 Å². The molecule has 2 N–H and O–H groups in total. The van der Waals surface area contributed by atoms with Crippen LogP contribution in [-0.4, -0.2) is 58.1 Å². The normalized spacial score (nSPS) is 11.2. The van der Waals surface area contributed by atoms with E-state index in [9.17, 15) is 9.59 Å². The molecule has 0 fully saturated rings. The molecule has 1 rings (SSSR count). The number of anilines is 1. The van der Waals surface area contributed by atoms with Crippen molar-refractivity contribution in [3.8, 4) is 11.5 Å². The van der Waals surface area contributed by atoms with E-state index in [1.54, 1.807) is 39.2 Å². The molecule has 0 saturated heterocycles. The highest BCUT2D eigenvalue weighted by Crippen LogP contribution is 2.30. The first-order valence-corrected chi connectivity index (χ1v) is 8.19. The van der Waals surface area contributed by atoms with Crippen LogP contribution in [-0.2, 0) is 9.59 Å². The third-order valence-corrected chi connectivity index (χ3v) is 3.84. The molecule has 7 heteroatoms. The monoisotopic (exact) mass is 351 g/mol. The molecule has 0 unspecified atom stereocenters. The number of hydrogen-bond donors (Lipinski definition) is 2. The first-order valence-electron chi connectivity index (χ1n) is 8.19. The molecule has 140 valence electrons. The first-order chi connectivity index (χ1) is 11.7. The third-order valence-electron chi connectivity index (χ3n) is 3.84. The second-order valence-electron chi connectivity index (χ2n) is 6.56. The largest absolute Gasteiger partial charge is 0.493 e. The highest BCUT2D eigenvalue weighted by Gasteiger charge is 2.35. The van der Waals surface area contributed by atoms with Gasteiger partial charge in [-0.2, -0.15) is 0 Å². The molecule has 0 aliphatic heterocycles. The number of carbonyl (C=O) groups excluding carboxylic acids is 2. The Hall–Kier alpha value is -2.28. The molecule has 0 aromatic heterocycles. The lowest BCUT2D eigenvalue weighted by Gasteiger charge is -2.23. The van der Waals surface area contributed by atoms with Gasteiger partial charge in [-0.3, -0.25) is 9.59 Å². The first kappa shape index (κ1) is 20.8. The Morgan fingerprint density at radius 1 is 1.08 bits per heavy atom. The average molecular weight is 351 g/mol. The Kier molecular flexibility index (Phi) is 7.70. The molecule has 0 heterocycles. The summed E-state index contributed by atoms with van der Waals surface area (Å²) in [5.41, 5.74) is -0.651. The molecule has 0 bridgehead atoms. The highest BCUT2D eigenvalue weighted by atomic mass is 16.5. The van der Waals surface area contributed by atoms with Crippen molar-refractivity contribution >= 4 is 17.5 Å². The Balaban J connectivity index is 2.69. The Morgan fingerprint density at radius 3 is 2.28 bits per heavy atom. The molecule has 2 amide bonds. The van der Waals surface area contributed by atoms with Crippen molar-refractivity contribution in [1.29, 1.82) is 0 Å². The number of methoxy groups -OCH3 is 2. The summed E-state index contributed by atoms with van der Waals surface area (Å²) >= 11 is 0. The second-order valence-corrected chi connectivity index (χ2v) is 6.56. The fraction of sp³-hybridized carbons (Fsp3) is 0.556. The van der Waals surface area contributed by atoms with Crippen molar-refractivity contribution in [3.05, 3.63) is 18.2 Å². The molecule has 0 aliphatic carbocycles. The molecule has 0 aliphatic rings. The maximum absolute atomic E-state index is 12.5. The lowest BCUT2D eigenvalue weighted by Crippen LogP contribution is -2.45. The van der Waals surface area contributed by atoms with Crippen LogP contribution in [0.3, 0.4) is 0 Å². The van der Waals surface area contributed by atoms with Crippen molar-refractivity contribution < 1.29 is 19.1 Å². The van der Waals surface area contributed by atoms with E-state index in [0.717, 1.165) is 13.0 Å². The fourth-order valence-corrected chi connectivity index (χ4v) is 2.12. The molecular formula is C18H29N3O4. The van der Waals surface area contributed by atoms with Crippen molar-refractivity contribution in [2.24, 2.45) is 5.41 Å². The summed E-state index contributed by atoms with van der Waals surface area (Å²) in [6, 6.07) is 5.05. The van der Waals surface area contributed by atoms with Crippen LogP contribution in [0, 0.1) is 5.41 Å². The number of nitrogens with zero attached hydrogens (tertiary/aromatic N) is 1. The third kappa shape index (κ3) is 5.94. The van der Waals surface area contributed by atoms with Gasteiger partial charge in [-0.1, -0.05) is 0 Å². The van der Waals surface area contributed by atoms with Gasteiger partial charge >= 0.3 is 0 Å². The van der Waals surface area contributed by atoms with Gasteiger partial charge in [0.25, 0.3) is 0 Å². The standard InChI is InChI=1S/C18H29N3O4/c1-18(2,16(22)19-10-7-11-21(3)4)17(23)20-13-8-9-14(24-5)15(12-13)25-6/h8-9,12H,7,10-11H2,1-6H3,(H,19,22)(H,20,23). The number of benzene rings is 1. The SMILES string of the molecule is COc1ccc(NC(=O)C(C)(C)C(=O)NCCCN(C)C)cc1OC. The Bertz CT molecular complexity index is 600. The Labute approximate surface area is 149 Å². The van der Waals surface area contributed by atoms with Crippen molar-refractivity contribution in [1.82, 2.24) is 10.2 Å². The maximum atomic E-state index is 12.5. The van der Waals surface area contributed by atoms with E-state index in [0.29, 0.717) is 23.7 Å². The zero-order valence-corrected chi connectivity index (χ0v) is 15.9. The molecule has 7 nitrogen and oxygen atoms in total. The molecular weight excluding hydrogens is 322 g/mol.